The maximum absolute atomic E-state index is 5.89. The van der Waals surface area contributed by atoms with Crippen molar-refractivity contribution < 1.29 is 4.74 Å². The van der Waals surface area contributed by atoms with E-state index >= 15 is 0 Å². The van der Waals surface area contributed by atoms with Gasteiger partial charge in [-0.3, -0.25) is 4.90 Å². The molecule has 3 heteroatoms. The van der Waals surface area contributed by atoms with E-state index in [1.807, 2.05) is 12.2 Å². The molecule has 0 fully saturated rings. The van der Waals surface area contributed by atoms with Gasteiger partial charge in [-0.15, -0.1) is 13.2 Å². The van der Waals surface area contributed by atoms with Crippen molar-refractivity contribution in [2.75, 3.05) is 26.2 Å². The highest BCUT2D eigenvalue weighted by Crippen LogP contribution is 2.30. The number of rotatable bonds is 8. The van der Waals surface area contributed by atoms with Crippen LogP contribution in [0.5, 0.6) is 5.75 Å². The minimum Gasteiger partial charge on any atom is -0.491 e. The van der Waals surface area contributed by atoms with Gasteiger partial charge in [0.1, 0.15) is 12.4 Å². The molecule has 1 aromatic carbocycles. The molecule has 0 radical (unpaired) electrons. The first-order valence-electron chi connectivity index (χ1n) is 6.42. The quantitative estimate of drug-likeness (QED) is 0.667. The van der Waals surface area contributed by atoms with Crippen molar-refractivity contribution in [3.8, 4) is 5.75 Å². The maximum Gasteiger partial charge on any atom is 0.136 e. The highest BCUT2D eigenvalue weighted by atomic mass is 79.9. The van der Waals surface area contributed by atoms with Crippen molar-refractivity contribution in [3.63, 3.8) is 0 Å². The fourth-order valence-electron chi connectivity index (χ4n) is 1.98. The van der Waals surface area contributed by atoms with Gasteiger partial charge in [0.15, 0.2) is 0 Å². The predicted molar refractivity (Wildman–Crippen MR) is 85.9 cm³/mol. The highest BCUT2D eigenvalue weighted by Gasteiger charge is 2.07. The Kier molecular flexibility index (Phi) is 6.89. The van der Waals surface area contributed by atoms with Crippen LogP contribution >= 0.6 is 15.9 Å². The molecule has 1 aromatic rings. The van der Waals surface area contributed by atoms with Crippen LogP contribution in [0.4, 0.5) is 0 Å². The molecule has 0 aliphatic heterocycles. The third-order valence-electron chi connectivity index (χ3n) is 2.80. The smallest absolute Gasteiger partial charge is 0.136 e. The maximum atomic E-state index is 5.89. The number of hydrogen-bond acceptors (Lipinski definition) is 2. The molecule has 1 rings (SSSR count). The van der Waals surface area contributed by atoms with Gasteiger partial charge in [0.25, 0.3) is 0 Å². The molecule has 0 saturated carbocycles. The van der Waals surface area contributed by atoms with Crippen LogP contribution in [-0.2, 0) is 0 Å². The molecule has 104 valence electrons. The first-order valence-corrected chi connectivity index (χ1v) is 7.21. The van der Waals surface area contributed by atoms with Crippen LogP contribution in [0.2, 0.25) is 0 Å². The van der Waals surface area contributed by atoms with Crippen LogP contribution in [-0.4, -0.2) is 31.1 Å². The fourth-order valence-corrected chi connectivity index (χ4v) is 2.77. The minimum absolute atomic E-state index is 0.657. The highest BCUT2D eigenvalue weighted by molar-refractivity contribution is 9.10. The van der Waals surface area contributed by atoms with Gasteiger partial charge < -0.3 is 4.74 Å². The van der Waals surface area contributed by atoms with E-state index in [9.17, 15) is 0 Å². The zero-order chi connectivity index (χ0) is 14.3. The molecule has 0 aliphatic carbocycles. The molecule has 0 bridgehead atoms. The van der Waals surface area contributed by atoms with Crippen LogP contribution in [0.15, 0.2) is 41.9 Å². The summed E-state index contributed by atoms with van der Waals surface area (Å²) in [4.78, 5) is 2.23. The molecule has 19 heavy (non-hydrogen) atoms. The van der Waals surface area contributed by atoms with Crippen molar-refractivity contribution in [2.24, 2.45) is 0 Å². The normalized spacial score (nSPS) is 10.5. The Labute approximate surface area is 124 Å². The SMILES string of the molecule is C=CCN(CC=C)CCOc1c(C)cc(C)cc1Br. The Morgan fingerprint density at radius 3 is 2.37 bits per heavy atom. The first kappa shape index (κ1) is 16.0. The molecule has 0 atom stereocenters. The summed E-state index contributed by atoms with van der Waals surface area (Å²) in [6, 6.07) is 4.21. The Balaban J connectivity index is 2.57. The molecule has 2 nitrogen and oxygen atoms in total. The molecule has 0 unspecified atom stereocenters. The number of hydrogen-bond donors (Lipinski definition) is 0. The van der Waals surface area contributed by atoms with Crippen LogP contribution in [0, 0.1) is 13.8 Å². The molecule has 0 spiro atoms. The van der Waals surface area contributed by atoms with Gasteiger partial charge in [-0.2, -0.15) is 0 Å². The molecular formula is C16H22BrNO. The number of halogens is 1. The number of nitrogens with zero attached hydrogens (tertiary/aromatic N) is 1. The lowest BCUT2D eigenvalue weighted by Gasteiger charge is -2.19. The Morgan fingerprint density at radius 1 is 1.21 bits per heavy atom. The Morgan fingerprint density at radius 2 is 1.84 bits per heavy atom. The third kappa shape index (κ3) is 5.21. The van der Waals surface area contributed by atoms with Gasteiger partial charge in [0, 0.05) is 19.6 Å². The molecule has 0 N–H and O–H groups in total. The second-order valence-corrected chi connectivity index (χ2v) is 5.43. The van der Waals surface area contributed by atoms with Gasteiger partial charge in [-0.25, -0.2) is 0 Å². The lowest BCUT2D eigenvalue weighted by molar-refractivity contribution is 0.234. The molecule has 0 aromatic heterocycles. The standard InChI is InChI=1S/C16H22BrNO/c1-5-7-18(8-6-2)9-10-19-16-14(4)11-13(3)12-15(16)17/h5-6,11-12H,1-2,7-10H2,3-4H3. The van der Waals surface area contributed by atoms with E-state index < -0.39 is 0 Å². The Bertz CT molecular complexity index is 409. The first-order chi connectivity index (χ1) is 9.08. The monoisotopic (exact) mass is 323 g/mol. The molecule has 0 saturated heterocycles. The number of benzene rings is 1. The summed E-state index contributed by atoms with van der Waals surface area (Å²) in [5, 5.41) is 0. The summed E-state index contributed by atoms with van der Waals surface area (Å²) in [5.74, 6) is 0.933. The van der Waals surface area contributed by atoms with E-state index in [-0.39, 0.29) is 0 Å². The second kappa shape index (κ2) is 8.18. The van der Waals surface area contributed by atoms with Gasteiger partial charge >= 0.3 is 0 Å². The van der Waals surface area contributed by atoms with Crippen molar-refractivity contribution >= 4 is 15.9 Å². The molecule has 0 aliphatic rings. The summed E-state index contributed by atoms with van der Waals surface area (Å²) in [7, 11) is 0. The van der Waals surface area contributed by atoms with E-state index in [0.29, 0.717) is 6.61 Å². The van der Waals surface area contributed by atoms with Crippen LogP contribution in [0.3, 0.4) is 0 Å². The van der Waals surface area contributed by atoms with Crippen molar-refractivity contribution in [1.82, 2.24) is 4.90 Å². The Hall–Kier alpha value is -1.06. The summed E-state index contributed by atoms with van der Waals surface area (Å²) in [6.45, 7) is 14.9. The van der Waals surface area contributed by atoms with Gasteiger partial charge in [0.05, 0.1) is 4.47 Å². The van der Waals surface area contributed by atoms with Crippen molar-refractivity contribution in [1.29, 1.82) is 0 Å². The average molecular weight is 324 g/mol. The van der Waals surface area contributed by atoms with Gasteiger partial charge in [0.2, 0.25) is 0 Å². The summed E-state index contributed by atoms with van der Waals surface area (Å²) in [5.41, 5.74) is 2.39. The van der Waals surface area contributed by atoms with Crippen molar-refractivity contribution in [2.45, 2.75) is 13.8 Å². The van der Waals surface area contributed by atoms with E-state index in [0.717, 1.165) is 35.4 Å². The average Bonchev–Trinajstić information content (AvgIpc) is 2.32. The number of aryl methyl sites for hydroxylation is 2. The van der Waals surface area contributed by atoms with Crippen LogP contribution < -0.4 is 4.74 Å². The van der Waals surface area contributed by atoms with Crippen LogP contribution in [0.25, 0.3) is 0 Å². The topological polar surface area (TPSA) is 12.5 Å². The van der Waals surface area contributed by atoms with E-state index in [4.69, 9.17) is 4.74 Å². The largest absolute Gasteiger partial charge is 0.491 e. The minimum atomic E-state index is 0.657. The lowest BCUT2D eigenvalue weighted by Crippen LogP contribution is -2.28. The van der Waals surface area contributed by atoms with Gasteiger partial charge in [-0.1, -0.05) is 18.2 Å². The van der Waals surface area contributed by atoms with E-state index in [1.165, 1.54) is 5.56 Å². The third-order valence-corrected chi connectivity index (χ3v) is 3.39. The second-order valence-electron chi connectivity index (χ2n) is 4.58. The summed E-state index contributed by atoms with van der Waals surface area (Å²) in [6.07, 6.45) is 3.80. The van der Waals surface area contributed by atoms with E-state index in [1.54, 1.807) is 0 Å². The summed E-state index contributed by atoms with van der Waals surface area (Å²) < 4.78 is 6.91. The van der Waals surface area contributed by atoms with Gasteiger partial charge in [-0.05, 0) is 47.0 Å². The zero-order valence-corrected chi connectivity index (χ0v) is 13.4. The fraction of sp³-hybridized carbons (Fsp3) is 0.375. The zero-order valence-electron chi connectivity index (χ0n) is 11.8. The predicted octanol–water partition coefficient (Wildman–Crippen LogP) is 4.12. The van der Waals surface area contributed by atoms with E-state index in [2.05, 4.69) is 60.0 Å². The van der Waals surface area contributed by atoms with Crippen LogP contribution in [0.1, 0.15) is 11.1 Å². The molecule has 0 amide bonds. The summed E-state index contributed by atoms with van der Waals surface area (Å²) >= 11 is 3.56. The van der Waals surface area contributed by atoms with Crippen molar-refractivity contribution in [3.05, 3.63) is 53.0 Å². The molecule has 0 heterocycles. The number of ether oxygens (including phenoxy) is 1. The molecular weight excluding hydrogens is 302 g/mol. The lowest BCUT2D eigenvalue weighted by atomic mass is 10.1.